The minimum atomic E-state index is -3.55. The molecule has 1 fully saturated rings. The third-order valence-corrected chi connectivity index (χ3v) is 5.15. The van der Waals surface area contributed by atoms with E-state index in [0.29, 0.717) is 12.8 Å². The number of carbonyl (C=O) groups is 1. The molecule has 18 heavy (non-hydrogen) atoms. The van der Waals surface area contributed by atoms with Crippen LogP contribution < -0.4 is 5.32 Å². The van der Waals surface area contributed by atoms with Crippen LogP contribution in [0, 0.1) is 5.82 Å². The van der Waals surface area contributed by atoms with Gasteiger partial charge in [0.15, 0.2) is 15.6 Å². The van der Waals surface area contributed by atoms with Crippen molar-refractivity contribution in [2.45, 2.75) is 23.0 Å². The Morgan fingerprint density at radius 2 is 2.11 bits per heavy atom. The van der Waals surface area contributed by atoms with Gasteiger partial charge >= 0.3 is 0 Å². The lowest BCUT2D eigenvalue weighted by Gasteiger charge is -2.06. The molecule has 0 bridgehead atoms. The topological polar surface area (TPSA) is 63.2 Å². The highest BCUT2D eigenvalue weighted by Gasteiger charge is 2.38. The van der Waals surface area contributed by atoms with Crippen molar-refractivity contribution < 1.29 is 17.6 Å². The minimum Gasteiger partial charge on any atom is -0.313 e. The van der Waals surface area contributed by atoms with Crippen LogP contribution >= 0.6 is 0 Å². The number of hydrogen-bond donors (Lipinski definition) is 1. The number of benzene rings is 1. The Morgan fingerprint density at radius 1 is 1.44 bits per heavy atom. The van der Waals surface area contributed by atoms with E-state index < -0.39 is 20.9 Å². The zero-order valence-corrected chi connectivity index (χ0v) is 10.8. The van der Waals surface area contributed by atoms with Gasteiger partial charge in [0.25, 0.3) is 0 Å². The van der Waals surface area contributed by atoms with Crippen molar-refractivity contribution in [2.24, 2.45) is 0 Å². The van der Waals surface area contributed by atoms with Crippen molar-refractivity contribution in [3.05, 3.63) is 29.6 Å². The van der Waals surface area contributed by atoms with Crippen LogP contribution in [-0.2, 0) is 9.84 Å². The van der Waals surface area contributed by atoms with E-state index in [1.165, 1.54) is 12.1 Å². The third-order valence-electron chi connectivity index (χ3n) is 2.86. The maximum atomic E-state index is 13.8. The van der Waals surface area contributed by atoms with Crippen molar-refractivity contribution in [1.29, 1.82) is 0 Å². The summed E-state index contributed by atoms with van der Waals surface area (Å²) in [5, 5.41) is 2.22. The molecule has 98 valence electrons. The fourth-order valence-corrected chi connectivity index (χ4v) is 3.43. The fourth-order valence-electron chi connectivity index (χ4n) is 1.73. The largest absolute Gasteiger partial charge is 0.313 e. The number of likely N-dealkylation sites (N-methyl/N-ethyl adjacent to an activating group) is 1. The van der Waals surface area contributed by atoms with E-state index in [0.717, 1.165) is 6.07 Å². The molecule has 1 aliphatic rings. The van der Waals surface area contributed by atoms with Crippen molar-refractivity contribution in [1.82, 2.24) is 5.32 Å². The van der Waals surface area contributed by atoms with Crippen molar-refractivity contribution >= 4 is 15.6 Å². The van der Waals surface area contributed by atoms with Gasteiger partial charge in [-0.3, -0.25) is 4.79 Å². The van der Waals surface area contributed by atoms with Gasteiger partial charge in [-0.15, -0.1) is 0 Å². The van der Waals surface area contributed by atoms with E-state index in [2.05, 4.69) is 5.32 Å². The first-order valence-electron chi connectivity index (χ1n) is 5.68. The van der Waals surface area contributed by atoms with Crippen LogP contribution in [0.15, 0.2) is 23.1 Å². The number of Topliss-reactive ketones (excluding diaryl/α,β-unsaturated/α-hetero) is 1. The summed E-state index contributed by atoms with van der Waals surface area (Å²) in [7, 11) is -1.94. The van der Waals surface area contributed by atoms with Gasteiger partial charge < -0.3 is 5.32 Å². The number of ketones is 1. The van der Waals surface area contributed by atoms with Crippen LogP contribution in [0.3, 0.4) is 0 Å². The first kappa shape index (κ1) is 13.2. The monoisotopic (exact) mass is 271 g/mol. The maximum absolute atomic E-state index is 13.8. The fraction of sp³-hybridized carbons (Fsp3) is 0.417. The van der Waals surface area contributed by atoms with E-state index >= 15 is 0 Å². The highest BCUT2D eigenvalue weighted by atomic mass is 32.2. The number of carbonyl (C=O) groups excluding carboxylic acids is 1. The molecule has 6 heteroatoms. The van der Waals surface area contributed by atoms with Gasteiger partial charge in [0, 0.05) is 5.56 Å². The second kappa shape index (κ2) is 4.78. The molecule has 0 heterocycles. The Bertz CT molecular complexity index is 579. The highest BCUT2D eigenvalue weighted by molar-refractivity contribution is 7.92. The summed E-state index contributed by atoms with van der Waals surface area (Å²) < 4.78 is 37.6. The molecule has 1 aromatic rings. The first-order chi connectivity index (χ1) is 8.46. The molecule has 0 aliphatic heterocycles. The average Bonchev–Trinajstić information content (AvgIpc) is 3.12. The number of halogens is 1. The maximum Gasteiger partial charge on any atom is 0.184 e. The molecular formula is C12H14FNO3S. The van der Waals surface area contributed by atoms with E-state index in [-0.39, 0.29) is 22.8 Å². The Labute approximate surface area is 105 Å². The Hall–Kier alpha value is -1.27. The summed E-state index contributed by atoms with van der Waals surface area (Å²) in [6.07, 6.45) is 1.17. The summed E-state index contributed by atoms with van der Waals surface area (Å²) in [5.74, 6) is -1.12. The summed E-state index contributed by atoms with van der Waals surface area (Å²) >= 11 is 0. The molecule has 0 amide bonds. The Kier molecular flexibility index (Phi) is 3.49. The van der Waals surface area contributed by atoms with Gasteiger partial charge in [0.2, 0.25) is 0 Å². The summed E-state index contributed by atoms with van der Waals surface area (Å²) in [5.41, 5.74) is 0.177. The van der Waals surface area contributed by atoms with Gasteiger partial charge in [0.05, 0.1) is 11.8 Å². The van der Waals surface area contributed by atoms with Crippen molar-refractivity contribution in [3.8, 4) is 0 Å². The molecule has 0 atom stereocenters. The summed E-state index contributed by atoms with van der Waals surface area (Å²) in [6.45, 7) is 0.0914. The number of rotatable bonds is 5. The van der Waals surface area contributed by atoms with Crippen LogP contribution in [0.25, 0.3) is 0 Å². The van der Waals surface area contributed by atoms with Gasteiger partial charge in [-0.1, -0.05) is 0 Å². The summed E-state index contributed by atoms with van der Waals surface area (Å²) in [6, 6.07) is 3.54. The predicted octanol–water partition coefficient (Wildman–Crippen LogP) is 1.16. The van der Waals surface area contributed by atoms with Crippen LogP contribution in [0.4, 0.5) is 4.39 Å². The molecule has 0 spiro atoms. The number of hydrogen-bond acceptors (Lipinski definition) is 4. The van der Waals surface area contributed by atoms with Crippen LogP contribution in [0.5, 0.6) is 0 Å². The SMILES string of the molecule is CNCC(=O)c1ccc(S(=O)(=O)C2CC2)c(F)c1. The number of sulfone groups is 1. The molecular weight excluding hydrogens is 257 g/mol. The molecule has 1 N–H and O–H groups in total. The first-order valence-corrected chi connectivity index (χ1v) is 7.22. The van der Waals surface area contributed by atoms with Crippen molar-refractivity contribution in [2.75, 3.05) is 13.6 Å². The minimum absolute atomic E-state index is 0.0914. The third kappa shape index (κ3) is 2.44. The van der Waals surface area contributed by atoms with Gasteiger partial charge in [-0.05, 0) is 38.1 Å². The van der Waals surface area contributed by atoms with Crippen LogP contribution in [0.1, 0.15) is 23.2 Å². The molecule has 0 saturated heterocycles. The normalized spacial score (nSPS) is 15.7. The molecule has 1 aliphatic carbocycles. The van der Waals surface area contributed by atoms with E-state index in [4.69, 9.17) is 0 Å². The second-order valence-electron chi connectivity index (χ2n) is 4.34. The van der Waals surface area contributed by atoms with Gasteiger partial charge in [-0.2, -0.15) is 0 Å². The smallest absolute Gasteiger partial charge is 0.184 e. The molecule has 1 saturated carbocycles. The predicted molar refractivity (Wildman–Crippen MR) is 64.9 cm³/mol. The molecule has 2 rings (SSSR count). The molecule has 4 nitrogen and oxygen atoms in total. The average molecular weight is 271 g/mol. The number of nitrogens with one attached hydrogen (secondary N) is 1. The molecule has 0 unspecified atom stereocenters. The van der Waals surface area contributed by atoms with Crippen LogP contribution in [0.2, 0.25) is 0 Å². The zero-order chi connectivity index (χ0) is 13.3. The van der Waals surface area contributed by atoms with Crippen molar-refractivity contribution in [3.63, 3.8) is 0 Å². The summed E-state index contributed by atoms with van der Waals surface area (Å²) in [4.78, 5) is 11.2. The van der Waals surface area contributed by atoms with Gasteiger partial charge in [-0.25, -0.2) is 12.8 Å². The molecule has 1 aromatic carbocycles. The lowest BCUT2D eigenvalue weighted by atomic mass is 10.1. The second-order valence-corrected chi connectivity index (χ2v) is 6.54. The van der Waals surface area contributed by atoms with Crippen LogP contribution in [-0.4, -0.2) is 33.0 Å². The zero-order valence-electron chi connectivity index (χ0n) is 9.94. The Balaban J connectivity index is 2.33. The standard InChI is InChI=1S/C12H14FNO3S/c1-14-7-11(15)8-2-5-12(10(13)6-8)18(16,17)9-3-4-9/h2,5-6,9,14H,3-4,7H2,1H3. The highest BCUT2D eigenvalue weighted by Crippen LogP contribution is 2.34. The van der Waals surface area contributed by atoms with Gasteiger partial charge in [0.1, 0.15) is 10.7 Å². The Morgan fingerprint density at radius 3 is 2.61 bits per heavy atom. The lowest BCUT2D eigenvalue weighted by Crippen LogP contribution is -2.19. The van der Waals surface area contributed by atoms with E-state index in [1.807, 2.05) is 0 Å². The van der Waals surface area contributed by atoms with E-state index in [9.17, 15) is 17.6 Å². The van der Waals surface area contributed by atoms with E-state index in [1.54, 1.807) is 7.05 Å². The quantitative estimate of drug-likeness (QED) is 0.816. The molecule has 0 radical (unpaired) electrons. The molecule has 0 aromatic heterocycles. The lowest BCUT2D eigenvalue weighted by molar-refractivity contribution is 0.0993.